The maximum atomic E-state index is 12.0. The SMILES string of the molecule is COc1ccc2cc(Nc3nc(C(N)=O)c(NC(=O)C4CC4)s3)ccc2c1. The van der Waals surface area contributed by atoms with Crippen LogP contribution in [-0.2, 0) is 4.79 Å². The van der Waals surface area contributed by atoms with Crippen LogP contribution in [0.1, 0.15) is 23.3 Å². The van der Waals surface area contributed by atoms with E-state index in [4.69, 9.17) is 10.5 Å². The molecule has 0 aliphatic heterocycles. The van der Waals surface area contributed by atoms with Gasteiger partial charge in [0.15, 0.2) is 10.8 Å². The summed E-state index contributed by atoms with van der Waals surface area (Å²) >= 11 is 1.19. The summed E-state index contributed by atoms with van der Waals surface area (Å²) in [5.74, 6) is 0.0651. The topological polar surface area (TPSA) is 106 Å². The van der Waals surface area contributed by atoms with Gasteiger partial charge in [0.2, 0.25) is 5.91 Å². The zero-order valence-electron chi connectivity index (χ0n) is 14.6. The summed E-state index contributed by atoms with van der Waals surface area (Å²) in [5, 5.41) is 8.90. The summed E-state index contributed by atoms with van der Waals surface area (Å²) in [6.45, 7) is 0. The number of methoxy groups -OCH3 is 1. The molecule has 1 aromatic heterocycles. The molecule has 0 unspecified atom stereocenters. The molecule has 0 saturated heterocycles. The molecule has 7 nitrogen and oxygen atoms in total. The molecular formula is C19H18N4O3S. The van der Waals surface area contributed by atoms with Gasteiger partial charge in [-0.3, -0.25) is 9.59 Å². The van der Waals surface area contributed by atoms with Crippen molar-refractivity contribution in [1.82, 2.24) is 4.98 Å². The first-order valence-corrected chi connectivity index (χ1v) is 9.31. The number of thiazole rings is 1. The van der Waals surface area contributed by atoms with Gasteiger partial charge in [0.1, 0.15) is 10.8 Å². The third kappa shape index (κ3) is 3.70. The molecule has 0 bridgehead atoms. The lowest BCUT2D eigenvalue weighted by molar-refractivity contribution is -0.117. The molecule has 1 heterocycles. The summed E-state index contributed by atoms with van der Waals surface area (Å²) in [6.07, 6.45) is 1.76. The van der Waals surface area contributed by atoms with Gasteiger partial charge in [-0.25, -0.2) is 4.98 Å². The minimum atomic E-state index is -0.670. The lowest BCUT2D eigenvalue weighted by Gasteiger charge is -2.06. The van der Waals surface area contributed by atoms with E-state index in [1.165, 1.54) is 11.3 Å². The van der Waals surface area contributed by atoms with Crippen molar-refractivity contribution in [3.05, 3.63) is 42.1 Å². The van der Waals surface area contributed by atoms with E-state index in [1.807, 2.05) is 36.4 Å². The number of ether oxygens (including phenoxy) is 1. The van der Waals surface area contributed by atoms with E-state index in [-0.39, 0.29) is 17.5 Å². The van der Waals surface area contributed by atoms with Gasteiger partial charge < -0.3 is 21.1 Å². The van der Waals surface area contributed by atoms with Crippen LogP contribution >= 0.6 is 11.3 Å². The molecule has 27 heavy (non-hydrogen) atoms. The Kier molecular flexibility index (Phi) is 4.41. The van der Waals surface area contributed by atoms with E-state index < -0.39 is 5.91 Å². The van der Waals surface area contributed by atoms with Crippen molar-refractivity contribution in [1.29, 1.82) is 0 Å². The number of primary amides is 1. The Bertz CT molecular complexity index is 1040. The second-order valence-electron chi connectivity index (χ2n) is 6.38. The number of nitrogens with zero attached hydrogens (tertiary/aromatic N) is 1. The van der Waals surface area contributed by atoms with Gasteiger partial charge in [-0.15, -0.1) is 0 Å². The second kappa shape index (κ2) is 6.88. The average molecular weight is 382 g/mol. The highest BCUT2D eigenvalue weighted by molar-refractivity contribution is 7.20. The molecule has 1 fully saturated rings. The van der Waals surface area contributed by atoms with Crippen molar-refractivity contribution in [2.75, 3.05) is 17.7 Å². The number of hydrogen-bond acceptors (Lipinski definition) is 6. The van der Waals surface area contributed by atoms with Gasteiger partial charge >= 0.3 is 0 Å². The minimum absolute atomic E-state index is 0.0294. The molecule has 2 amide bonds. The molecule has 0 spiro atoms. The number of amides is 2. The van der Waals surface area contributed by atoms with Gasteiger partial charge in [-0.05, 0) is 47.9 Å². The number of nitrogens with one attached hydrogen (secondary N) is 2. The molecule has 8 heteroatoms. The van der Waals surface area contributed by atoms with Crippen LogP contribution in [0.5, 0.6) is 5.75 Å². The summed E-state index contributed by atoms with van der Waals surface area (Å²) in [5.41, 5.74) is 6.29. The fourth-order valence-corrected chi connectivity index (χ4v) is 3.63. The third-order valence-corrected chi connectivity index (χ3v) is 5.23. The lowest BCUT2D eigenvalue weighted by atomic mass is 10.1. The molecule has 1 saturated carbocycles. The van der Waals surface area contributed by atoms with Crippen LogP contribution in [0.4, 0.5) is 15.8 Å². The van der Waals surface area contributed by atoms with Crippen LogP contribution in [0.25, 0.3) is 10.8 Å². The highest BCUT2D eigenvalue weighted by atomic mass is 32.1. The molecule has 0 radical (unpaired) electrons. The van der Waals surface area contributed by atoms with Crippen LogP contribution in [-0.4, -0.2) is 23.9 Å². The van der Waals surface area contributed by atoms with E-state index >= 15 is 0 Å². The number of anilines is 3. The van der Waals surface area contributed by atoms with E-state index in [2.05, 4.69) is 15.6 Å². The number of aromatic nitrogens is 1. The smallest absolute Gasteiger partial charge is 0.270 e. The van der Waals surface area contributed by atoms with E-state index in [1.54, 1.807) is 7.11 Å². The number of rotatable bonds is 6. The first kappa shape index (κ1) is 17.3. The Morgan fingerprint density at radius 2 is 1.93 bits per heavy atom. The number of nitrogens with two attached hydrogens (primary N) is 1. The lowest BCUT2D eigenvalue weighted by Crippen LogP contribution is -2.18. The number of carbonyl (C=O) groups is 2. The van der Waals surface area contributed by atoms with Crippen molar-refractivity contribution in [3.63, 3.8) is 0 Å². The zero-order chi connectivity index (χ0) is 19.0. The molecule has 4 rings (SSSR count). The Morgan fingerprint density at radius 1 is 1.19 bits per heavy atom. The largest absolute Gasteiger partial charge is 0.497 e. The Balaban J connectivity index is 1.58. The summed E-state index contributed by atoms with van der Waals surface area (Å²) in [7, 11) is 1.63. The molecule has 2 aromatic carbocycles. The van der Waals surface area contributed by atoms with Crippen LogP contribution in [0.15, 0.2) is 36.4 Å². The van der Waals surface area contributed by atoms with Gasteiger partial charge in [-0.2, -0.15) is 0 Å². The summed E-state index contributed by atoms with van der Waals surface area (Å²) in [4.78, 5) is 27.9. The normalized spacial score (nSPS) is 13.4. The van der Waals surface area contributed by atoms with Gasteiger partial charge in [0.05, 0.1) is 7.11 Å². The van der Waals surface area contributed by atoms with E-state index in [0.717, 1.165) is 35.1 Å². The highest BCUT2D eigenvalue weighted by Gasteiger charge is 2.31. The summed E-state index contributed by atoms with van der Waals surface area (Å²) < 4.78 is 5.24. The van der Waals surface area contributed by atoms with Crippen LogP contribution in [0.3, 0.4) is 0 Å². The van der Waals surface area contributed by atoms with Crippen molar-refractivity contribution < 1.29 is 14.3 Å². The third-order valence-electron chi connectivity index (χ3n) is 4.34. The van der Waals surface area contributed by atoms with E-state index in [0.29, 0.717) is 10.1 Å². The maximum absolute atomic E-state index is 12.0. The van der Waals surface area contributed by atoms with Crippen molar-refractivity contribution >= 4 is 49.7 Å². The highest BCUT2D eigenvalue weighted by Crippen LogP contribution is 2.35. The number of fused-ring (bicyclic) bond motifs is 1. The molecule has 1 aliphatic rings. The van der Waals surface area contributed by atoms with Gasteiger partial charge in [-0.1, -0.05) is 23.5 Å². The maximum Gasteiger partial charge on any atom is 0.270 e. The van der Waals surface area contributed by atoms with Crippen LogP contribution < -0.4 is 21.1 Å². The van der Waals surface area contributed by atoms with Crippen molar-refractivity contribution in [3.8, 4) is 5.75 Å². The molecule has 1 aliphatic carbocycles. The zero-order valence-corrected chi connectivity index (χ0v) is 15.4. The van der Waals surface area contributed by atoms with Crippen LogP contribution in [0, 0.1) is 5.92 Å². The van der Waals surface area contributed by atoms with Crippen molar-refractivity contribution in [2.45, 2.75) is 12.8 Å². The van der Waals surface area contributed by atoms with Crippen LogP contribution in [0.2, 0.25) is 0 Å². The molecule has 3 aromatic rings. The fourth-order valence-electron chi connectivity index (χ4n) is 2.74. The molecule has 138 valence electrons. The number of hydrogen-bond donors (Lipinski definition) is 3. The predicted molar refractivity (Wildman–Crippen MR) is 106 cm³/mol. The summed E-state index contributed by atoms with van der Waals surface area (Å²) in [6, 6.07) is 11.7. The Labute approximate surface area is 159 Å². The first-order chi connectivity index (χ1) is 13.0. The predicted octanol–water partition coefficient (Wildman–Crippen LogP) is 3.50. The Morgan fingerprint density at radius 3 is 2.63 bits per heavy atom. The number of benzene rings is 2. The minimum Gasteiger partial charge on any atom is -0.497 e. The first-order valence-electron chi connectivity index (χ1n) is 8.50. The second-order valence-corrected chi connectivity index (χ2v) is 7.38. The molecule has 4 N–H and O–H groups in total. The van der Waals surface area contributed by atoms with Crippen molar-refractivity contribution in [2.24, 2.45) is 11.7 Å². The van der Waals surface area contributed by atoms with Gasteiger partial charge in [0.25, 0.3) is 5.91 Å². The molecule has 0 atom stereocenters. The molecular weight excluding hydrogens is 364 g/mol. The average Bonchev–Trinajstić information content (AvgIpc) is 3.44. The fraction of sp³-hybridized carbons (Fsp3) is 0.211. The standard InChI is InChI=1S/C19H18N4O3S/c1-26-14-7-5-11-8-13(6-4-12(11)9-14)21-19-22-15(16(20)24)18(27-19)23-17(25)10-2-3-10/h4-10H,2-3H2,1H3,(H2,20,24)(H,21,22)(H,23,25). The number of carbonyl (C=O) groups excluding carboxylic acids is 2. The van der Waals surface area contributed by atoms with E-state index in [9.17, 15) is 9.59 Å². The van der Waals surface area contributed by atoms with Gasteiger partial charge in [0, 0.05) is 11.6 Å². The monoisotopic (exact) mass is 382 g/mol. The Hall–Kier alpha value is -3.13. The quantitative estimate of drug-likeness (QED) is 0.605.